The zero-order valence-corrected chi connectivity index (χ0v) is 11.9. The molecule has 0 saturated heterocycles. The Balaban J connectivity index is 2.72. The van der Waals surface area contributed by atoms with Crippen molar-refractivity contribution in [1.82, 2.24) is 9.97 Å². The molecule has 9 heteroatoms. The fourth-order valence-electron chi connectivity index (χ4n) is 1.20. The first-order valence-corrected chi connectivity index (χ1v) is 8.30. The second-order valence-corrected chi connectivity index (χ2v) is 5.96. The Labute approximate surface area is 111 Å². The first kappa shape index (κ1) is 15.0. The lowest BCUT2D eigenvalue weighted by Gasteiger charge is -2.09. The quantitative estimate of drug-likeness (QED) is 0.490. The minimum absolute atomic E-state index is 0.137. The van der Waals surface area contributed by atoms with Gasteiger partial charge in [0.15, 0.2) is 5.16 Å². The third kappa shape index (κ3) is 5.52. The molecule has 18 heavy (non-hydrogen) atoms. The lowest BCUT2D eigenvalue weighted by molar-refractivity contribution is 0.598. The number of nitrogens with two attached hydrogens (primary N) is 1. The lowest BCUT2D eigenvalue weighted by atomic mass is 10.5. The Hall–Kier alpha value is -1.06. The third-order valence-corrected chi connectivity index (χ3v) is 3.26. The molecule has 1 aromatic rings. The molecular formula is C9H17N5O2S2. The van der Waals surface area contributed by atoms with E-state index >= 15 is 0 Å². The molecule has 1 heterocycles. The molecule has 1 rings (SSSR count). The van der Waals surface area contributed by atoms with E-state index in [1.165, 1.54) is 11.8 Å². The van der Waals surface area contributed by atoms with Crippen LogP contribution in [-0.2, 0) is 10.0 Å². The maximum atomic E-state index is 10.8. The van der Waals surface area contributed by atoms with E-state index in [0.29, 0.717) is 16.8 Å². The largest absolute Gasteiger partial charge is 0.370 e. The molecule has 0 unspecified atom stereocenters. The predicted molar refractivity (Wildman–Crippen MR) is 74.4 cm³/mol. The van der Waals surface area contributed by atoms with Crippen LogP contribution in [-0.4, -0.2) is 43.5 Å². The summed E-state index contributed by atoms with van der Waals surface area (Å²) in [5, 5.41) is 11.5. The molecule has 102 valence electrons. The van der Waals surface area contributed by atoms with E-state index in [1.807, 2.05) is 13.2 Å². The van der Waals surface area contributed by atoms with Gasteiger partial charge in [-0.2, -0.15) is 0 Å². The number of rotatable bonds is 7. The van der Waals surface area contributed by atoms with Crippen LogP contribution in [0.3, 0.4) is 0 Å². The minimum Gasteiger partial charge on any atom is -0.370 e. The maximum Gasteiger partial charge on any atom is 0.210 e. The van der Waals surface area contributed by atoms with Crippen molar-refractivity contribution in [1.29, 1.82) is 0 Å². The first-order valence-electron chi connectivity index (χ1n) is 5.36. The minimum atomic E-state index is -3.46. The molecule has 0 bridgehead atoms. The van der Waals surface area contributed by atoms with Gasteiger partial charge in [0, 0.05) is 19.2 Å². The van der Waals surface area contributed by atoms with Crippen molar-refractivity contribution < 1.29 is 8.42 Å². The van der Waals surface area contributed by atoms with Gasteiger partial charge in [-0.05, 0) is 13.2 Å². The molecule has 0 saturated carbocycles. The van der Waals surface area contributed by atoms with Crippen molar-refractivity contribution in [3.8, 4) is 0 Å². The summed E-state index contributed by atoms with van der Waals surface area (Å²) in [5.74, 6) is 1.14. The van der Waals surface area contributed by atoms with Crippen LogP contribution in [0.25, 0.3) is 0 Å². The van der Waals surface area contributed by atoms with Crippen LogP contribution in [0, 0.1) is 0 Å². The van der Waals surface area contributed by atoms with Crippen LogP contribution in [0.5, 0.6) is 0 Å². The Kier molecular flexibility index (Phi) is 5.63. The van der Waals surface area contributed by atoms with Gasteiger partial charge >= 0.3 is 0 Å². The fraction of sp³-hybridized carbons (Fsp3) is 0.556. The molecular weight excluding hydrogens is 274 g/mol. The highest BCUT2D eigenvalue weighted by Gasteiger charge is 2.05. The molecule has 0 aliphatic carbocycles. The van der Waals surface area contributed by atoms with Crippen LogP contribution in [0.1, 0.15) is 6.92 Å². The van der Waals surface area contributed by atoms with Gasteiger partial charge in [0.1, 0.15) is 11.6 Å². The normalized spacial score (nSPS) is 11.3. The second-order valence-electron chi connectivity index (χ2n) is 3.45. The molecule has 0 radical (unpaired) electrons. The van der Waals surface area contributed by atoms with E-state index in [2.05, 4.69) is 20.6 Å². The predicted octanol–water partition coefficient (Wildman–Crippen LogP) is 0.331. The summed E-state index contributed by atoms with van der Waals surface area (Å²) >= 11 is 1.42. The topological polar surface area (TPSA) is 110 Å². The van der Waals surface area contributed by atoms with Gasteiger partial charge in [-0.25, -0.2) is 23.5 Å². The number of sulfonamides is 1. The average Bonchev–Trinajstić information content (AvgIpc) is 2.27. The van der Waals surface area contributed by atoms with Crippen LogP contribution in [0.15, 0.2) is 11.2 Å². The van der Waals surface area contributed by atoms with Crippen molar-refractivity contribution in [3.63, 3.8) is 0 Å². The average molecular weight is 291 g/mol. The number of nitrogens with zero attached hydrogens (tertiary/aromatic N) is 2. The van der Waals surface area contributed by atoms with Crippen molar-refractivity contribution >= 4 is 33.4 Å². The van der Waals surface area contributed by atoms with E-state index in [-0.39, 0.29) is 12.3 Å². The van der Waals surface area contributed by atoms with E-state index in [0.717, 1.165) is 6.54 Å². The van der Waals surface area contributed by atoms with Crippen molar-refractivity contribution in [3.05, 3.63) is 6.07 Å². The molecule has 0 aliphatic rings. The summed E-state index contributed by atoms with van der Waals surface area (Å²) in [4.78, 5) is 8.48. The maximum absolute atomic E-state index is 10.8. The van der Waals surface area contributed by atoms with E-state index < -0.39 is 10.0 Å². The molecule has 1 aromatic heterocycles. The van der Waals surface area contributed by atoms with Crippen LogP contribution in [0.2, 0.25) is 0 Å². The first-order chi connectivity index (χ1) is 8.44. The Morgan fingerprint density at radius 1 is 1.33 bits per heavy atom. The van der Waals surface area contributed by atoms with E-state index in [4.69, 9.17) is 5.14 Å². The van der Waals surface area contributed by atoms with Crippen LogP contribution in [0.4, 0.5) is 11.6 Å². The van der Waals surface area contributed by atoms with Gasteiger partial charge in [0.2, 0.25) is 10.0 Å². The fourth-order valence-corrected chi connectivity index (χ4v) is 1.97. The monoisotopic (exact) mass is 291 g/mol. The number of nitrogens with one attached hydrogen (secondary N) is 2. The standard InChI is InChI=1S/C9H17N5O2S2/c1-3-11-7-6-8(14-9(13-7)17-2)12-4-5-18(10,15)16/h6H,3-5H2,1-2H3,(H2,10,15,16)(H2,11,12,13,14). The van der Waals surface area contributed by atoms with Gasteiger partial charge in [-0.15, -0.1) is 0 Å². The molecule has 4 N–H and O–H groups in total. The highest BCUT2D eigenvalue weighted by atomic mass is 32.2. The van der Waals surface area contributed by atoms with Gasteiger partial charge in [-0.1, -0.05) is 11.8 Å². The summed E-state index contributed by atoms with van der Waals surface area (Å²) in [6, 6.07) is 1.73. The van der Waals surface area contributed by atoms with Crippen molar-refractivity contribution in [2.75, 3.05) is 35.7 Å². The third-order valence-electron chi connectivity index (χ3n) is 1.94. The van der Waals surface area contributed by atoms with Gasteiger partial charge in [-0.3, -0.25) is 0 Å². The van der Waals surface area contributed by atoms with Crippen LogP contribution >= 0.6 is 11.8 Å². The highest BCUT2D eigenvalue weighted by molar-refractivity contribution is 7.98. The van der Waals surface area contributed by atoms with Gasteiger partial charge in [0.05, 0.1) is 5.75 Å². The second kappa shape index (κ2) is 6.76. The van der Waals surface area contributed by atoms with Crippen molar-refractivity contribution in [2.45, 2.75) is 12.1 Å². The van der Waals surface area contributed by atoms with Gasteiger partial charge < -0.3 is 10.6 Å². The highest BCUT2D eigenvalue weighted by Crippen LogP contribution is 2.16. The zero-order valence-electron chi connectivity index (χ0n) is 10.3. The number of primary sulfonamides is 1. The summed E-state index contributed by atoms with van der Waals surface area (Å²) in [6.07, 6.45) is 1.87. The van der Waals surface area contributed by atoms with Crippen molar-refractivity contribution in [2.24, 2.45) is 5.14 Å². The Morgan fingerprint density at radius 2 is 1.94 bits per heavy atom. The molecule has 0 aromatic carbocycles. The molecule has 7 nitrogen and oxygen atoms in total. The summed E-state index contributed by atoms with van der Waals surface area (Å²) in [6.45, 7) is 2.94. The molecule has 0 atom stereocenters. The zero-order chi connectivity index (χ0) is 13.6. The van der Waals surface area contributed by atoms with Gasteiger partial charge in [0.25, 0.3) is 0 Å². The molecule has 0 aliphatic heterocycles. The summed E-state index contributed by atoms with van der Waals surface area (Å²) in [5.41, 5.74) is 0. The molecule has 0 fully saturated rings. The van der Waals surface area contributed by atoms with Crippen LogP contribution < -0.4 is 15.8 Å². The number of aromatic nitrogens is 2. The summed E-state index contributed by atoms with van der Waals surface area (Å²) in [7, 11) is -3.46. The lowest BCUT2D eigenvalue weighted by Crippen LogP contribution is -2.22. The van der Waals surface area contributed by atoms with E-state index in [9.17, 15) is 8.42 Å². The number of anilines is 2. The molecule has 0 spiro atoms. The Bertz CT molecular complexity index is 492. The summed E-state index contributed by atoms with van der Waals surface area (Å²) < 4.78 is 21.6. The Morgan fingerprint density at radius 3 is 2.44 bits per heavy atom. The number of thioether (sulfide) groups is 1. The number of hydrogen-bond acceptors (Lipinski definition) is 7. The molecule has 0 amide bonds. The number of hydrogen-bond donors (Lipinski definition) is 3. The SMILES string of the molecule is CCNc1cc(NCCS(N)(=O)=O)nc(SC)n1. The smallest absolute Gasteiger partial charge is 0.210 e. The van der Waals surface area contributed by atoms with E-state index in [1.54, 1.807) is 6.07 Å².